The molecule has 3 unspecified atom stereocenters. The van der Waals surface area contributed by atoms with Crippen molar-refractivity contribution in [2.24, 2.45) is 5.73 Å². The molecule has 12 nitrogen and oxygen atoms in total. The van der Waals surface area contributed by atoms with E-state index in [9.17, 15) is 24.0 Å². The average Bonchev–Trinajstić information content (AvgIpc) is 3.22. The number of rotatable bonds is 23. The molecule has 2 amide bonds. The van der Waals surface area contributed by atoms with Crippen molar-refractivity contribution in [2.45, 2.75) is 83.1 Å². The molecule has 4 aromatic carbocycles. The lowest BCUT2D eigenvalue weighted by atomic mass is 10.1. The molecule has 0 saturated carbocycles. The van der Waals surface area contributed by atoms with E-state index in [1.165, 1.54) is 0 Å². The molecule has 0 bridgehead atoms. The summed E-state index contributed by atoms with van der Waals surface area (Å²) in [5, 5.41) is 5.30. The van der Waals surface area contributed by atoms with Crippen LogP contribution < -0.4 is 16.4 Å². The molecule has 4 aromatic rings. The number of esters is 3. The predicted octanol–water partition coefficient (Wildman–Crippen LogP) is 5.07. The van der Waals surface area contributed by atoms with E-state index in [2.05, 4.69) is 10.6 Å². The van der Waals surface area contributed by atoms with Gasteiger partial charge in [0.2, 0.25) is 11.8 Å². The molecule has 4 rings (SSSR count). The lowest BCUT2D eigenvalue weighted by molar-refractivity contribution is -0.150. The summed E-state index contributed by atoms with van der Waals surface area (Å²) in [6.45, 7) is 0.835. The van der Waals surface area contributed by atoms with Crippen LogP contribution in [-0.4, -0.2) is 54.5 Å². The van der Waals surface area contributed by atoms with E-state index in [4.69, 9.17) is 24.7 Å². The van der Waals surface area contributed by atoms with Crippen LogP contribution in [0.1, 0.15) is 60.8 Å². The SMILES string of the molecule is NC(CCC(=O)NC(CCC(=O)OCc1ccccc1)C(=O)OCc1ccccc1)C(=O)NC(CCCOCc1ccccc1)C(=O)OCc1ccccc1. The highest BCUT2D eigenvalue weighted by atomic mass is 16.5. The van der Waals surface area contributed by atoms with Crippen molar-refractivity contribution in [3.63, 3.8) is 0 Å². The number of hydrogen-bond acceptors (Lipinski definition) is 10. The van der Waals surface area contributed by atoms with Crippen molar-refractivity contribution in [3.05, 3.63) is 144 Å². The summed E-state index contributed by atoms with van der Waals surface area (Å²) >= 11 is 0. The number of carbonyl (C=O) groups is 5. The molecule has 0 radical (unpaired) electrons. The maximum absolute atomic E-state index is 13.2. The van der Waals surface area contributed by atoms with Gasteiger partial charge >= 0.3 is 17.9 Å². The molecule has 55 heavy (non-hydrogen) atoms. The van der Waals surface area contributed by atoms with Crippen LogP contribution in [0.4, 0.5) is 0 Å². The molecule has 0 fully saturated rings. The molecule has 4 N–H and O–H groups in total. The Balaban J connectivity index is 1.28. The van der Waals surface area contributed by atoms with E-state index in [0.29, 0.717) is 19.6 Å². The molecule has 0 aromatic heterocycles. The van der Waals surface area contributed by atoms with Gasteiger partial charge in [-0.1, -0.05) is 121 Å². The quantitative estimate of drug-likeness (QED) is 0.0528. The molecule has 0 spiro atoms. The van der Waals surface area contributed by atoms with Crippen molar-refractivity contribution >= 4 is 29.7 Å². The number of nitrogens with one attached hydrogen (secondary N) is 2. The van der Waals surface area contributed by atoms with Crippen LogP contribution >= 0.6 is 0 Å². The molecule has 0 saturated heterocycles. The van der Waals surface area contributed by atoms with Crippen LogP contribution in [-0.2, 0) is 69.3 Å². The van der Waals surface area contributed by atoms with Crippen molar-refractivity contribution < 1.29 is 42.9 Å². The summed E-state index contributed by atoms with van der Waals surface area (Å²) in [6.07, 6.45) is 0.167. The maximum atomic E-state index is 13.2. The largest absolute Gasteiger partial charge is 0.461 e. The summed E-state index contributed by atoms with van der Waals surface area (Å²) in [7, 11) is 0. The van der Waals surface area contributed by atoms with Crippen molar-refractivity contribution in [2.75, 3.05) is 6.61 Å². The zero-order valence-corrected chi connectivity index (χ0v) is 30.8. The second kappa shape index (κ2) is 23.7. The Bertz CT molecular complexity index is 1760. The molecule has 0 heterocycles. The van der Waals surface area contributed by atoms with Gasteiger partial charge in [-0.05, 0) is 47.9 Å². The molecule has 0 aliphatic carbocycles. The molecule has 12 heteroatoms. The van der Waals surface area contributed by atoms with Crippen LogP contribution in [0.5, 0.6) is 0 Å². The Morgan fingerprint density at radius 3 is 1.44 bits per heavy atom. The van der Waals surface area contributed by atoms with Gasteiger partial charge in [-0.15, -0.1) is 0 Å². The minimum Gasteiger partial charge on any atom is -0.461 e. The first-order valence-corrected chi connectivity index (χ1v) is 18.3. The second-order valence-electron chi connectivity index (χ2n) is 12.9. The van der Waals surface area contributed by atoms with Crippen LogP contribution in [0, 0.1) is 0 Å². The lowest BCUT2D eigenvalue weighted by Gasteiger charge is -2.21. The smallest absolute Gasteiger partial charge is 0.328 e. The summed E-state index contributed by atoms with van der Waals surface area (Å²) in [4.78, 5) is 65.0. The first-order valence-electron chi connectivity index (χ1n) is 18.3. The molecular weight excluding hydrogens is 702 g/mol. The van der Waals surface area contributed by atoms with Gasteiger partial charge in [0, 0.05) is 19.4 Å². The van der Waals surface area contributed by atoms with Gasteiger partial charge in [-0.2, -0.15) is 0 Å². The van der Waals surface area contributed by atoms with E-state index in [0.717, 1.165) is 22.3 Å². The zero-order valence-electron chi connectivity index (χ0n) is 30.8. The van der Waals surface area contributed by atoms with E-state index in [-0.39, 0.29) is 51.9 Å². The number of amides is 2. The first-order chi connectivity index (χ1) is 26.8. The van der Waals surface area contributed by atoms with Gasteiger partial charge < -0.3 is 35.3 Å². The van der Waals surface area contributed by atoms with Crippen LogP contribution in [0.3, 0.4) is 0 Å². The van der Waals surface area contributed by atoms with Gasteiger partial charge in [-0.3, -0.25) is 14.4 Å². The highest BCUT2D eigenvalue weighted by Crippen LogP contribution is 2.11. The zero-order chi connectivity index (χ0) is 39.1. The van der Waals surface area contributed by atoms with E-state index >= 15 is 0 Å². The number of nitrogens with two attached hydrogens (primary N) is 1. The topological polar surface area (TPSA) is 172 Å². The van der Waals surface area contributed by atoms with Crippen LogP contribution in [0.15, 0.2) is 121 Å². The highest BCUT2D eigenvalue weighted by Gasteiger charge is 2.27. The molecule has 3 atom stereocenters. The van der Waals surface area contributed by atoms with Crippen molar-refractivity contribution in [1.82, 2.24) is 10.6 Å². The monoisotopic (exact) mass is 751 g/mol. The standard InChI is InChI=1S/C43H49N3O9/c44-36(41(49)46-37(42(50)54-30-34-18-9-3-10-19-34)22-13-27-52-28-32-14-5-1-6-15-32)23-25-39(47)45-38(43(51)55-31-35-20-11-4-12-21-35)24-26-40(48)53-29-33-16-7-2-8-17-33/h1-12,14-21,36-38H,13,22-31,44H2,(H,45,47)(H,46,49). The fourth-order valence-corrected chi connectivity index (χ4v) is 5.35. The molecule has 290 valence electrons. The third-order valence-corrected chi connectivity index (χ3v) is 8.46. The summed E-state index contributed by atoms with van der Waals surface area (Å²) < 4.78 is 22.0. The third kappa shape index (κ3) is 16.4. The van der Waals surface area contributed by atoms with E-state index < -0.39 is 47.8 Å². The number of benzene rings is 4. The number of ether oxygens (including phenoxy) is 4. The summed E-state index contributed by atoms with van der Waals surface area (Å²) in [6, 6.07) is 33.7. The van der Waals surface area contributed by atoms with Crippen molar-refractivity contribution in [3.8, 4) is 0 Å². The van der Waals surface area contributed by atoms with Crippen molar-refractivity contribution in [1.29, 1.82) is 0 Å². The van der Waals surface area contributed by atoms with Gasteiger partial charge in [0.15, 0.2) is 0 Å². The van der Waals surface area contributed by atoms with E-state index in [1.54, 1.807) is 12.1 Å². The Labute approximate surface area is 321 Å². The van der Waals surface area contributed by atoms with Crippen LogP contribution in [0.25, 0.3) is 0 Å². The number of carbonyl (C=O) groups excluding carboxylic acids is 5. The third-order valence-electron chi connectivity index (χ3n) is 8.46. The second-order valence-corrected chi connectivity index (χ2v) is 12.9. The molecular formula is C43H49N3O9. The predicted molar refractivity (Wildman–Crippen MR) is 204 cm³/mol. The minimum atomic E-state index is -1.15. The molecule has 0 aliphatic heterocycles. The van der Waals surface area contributed by atoms with Gasteiger partial charge in [0.05, 0.1) is 12.6 Å². The van der Waals surface area contributed by atoms with Gasteiger partial charge in [0.1, 0.15) is 31.9 Å². The Hall–Kier alpha value is -5.85. The normalized spacial score (nSPS) is 12.4. The van der Waals surface area contributed by atoms with E-state index in [1.807, 2.05) is 109 Å². The number of hydrogen-bond donors (Lipinski definition) is 3. The fourth-order valence-electron chi connectivity index (χ4n) is 5.35. The van der Waals surface area contributed by atoms with Crippen LogP contribution in [0.2, 0.25) is 0 Å². The fraction of sp³-hybridized carbons (Fsp3) is 0.326. The maximum Gasteiger partial charge on any atom is 0.328 e. The summed E-state index contributed by atoms with van der Waals surface area (Å²) in [5.41, 5.74) is 9.55. The summed E-state index contributed by atoms with van der Waals surface area (Å²) in [5.74, 6) is -3.10. The Kier molecular flexibility index (Phi) is 18.1. The average molecular weight is 752 g/mol. The Morgan fingerprint density at radius 1 is 0.509 bits per heavy atom. The highest BCUT2D eigenvalue weighted by molar-refractivity contribution is 5.88. The Morgan fingerprint density at radius 2 is 0.945 bits per heavy atom. The van der Waals surface area contributed by atoms with Gasteiger partial charge in [0.25, 0.3) is 0 Å². The first kappa shape index (κ1) is 41.9. The molecule has 0 aliphatic rings. The lowest BCUT2D eigenvalue weighted by Crippen LogP contribution is -2.49. The minimum absolute atomic E-state index is 0.0242. The van der Waals surface area contributed by atoms with Gasteiger partial charge in [-0.25, -0.2) is 9.59 Å².